The maximum atomic E-state index is 12.7. The second kappa shape index (κ2) is 6.07. The van der Waals surface area contributed by atoms with E-state index in [1.54, 1.807) is 23.8 Å². The van der Waals surface area contributed by atoms with Crippen LogP contribution in [0.15, 0.2) is 24.3 Å². The largest absolute Gasteiger partial charge is 0.496 e. The molecule has 1 aromatic carbocycles. The van der Waals surface area contributed by atoms with Gasteiger partial charge in [0.1, 0.15) is 11.8 Å². The van der Waals surface area contributed by atoms with Crippen LogP contribution < -0.4 is 10.1 Å². The Labute approximate surface area is 140 Å². The maximum absolute atomic E-state index is 12.7. The first kappa shape index (κ1) is 16.2. The van der Waals surface area contributed by atoms with E-state index in [-0.39, 0.29) is 28.8 Å². The lowest BCUT2D eigenvalue weighted by Crippen LogP contribution is -2.50. The molecule has 0 saturated carbocycles. The van der Waals surface area contributed by atoms with Gasteiger partial charge in [0.25, 0.3) is 0 Å². The number of thioether (sulfide) groups is 1. The summed E-state index contributed by atoms with van der Waals surface area (Å²) in [6.45, 7) is 3.99. The van der Waals surface area contributed by atoms with Crippen molar-refractivity contribution in [3.05, 3.63) is 29.8 Å². The summed E-state index contributed by atoms with van der Waals surface area (Å²) in [6, 6.07) is 7.10. The minimum Gasteiger partial charge on any atom is -0.496 e. The summed E-state index contributed by atoms with van der Waals surface area (Å²) in [5.74, 6) is 1.41. The van der Waals surface area contributed by atoms with E-state index in [2.05, 4.69) is 12.2 Å². The number of methoxy groups -OCH3 is 1. The molecule has 0 aromatic heterocycles. The maximum Gasteiger partial charge on any atom is 0.244 e. The van der Waals surface area contributed by atoms with Crippen LogP contribution in [-0.2, 0) is 9.59 Å². The molecule has 1 N–H and O–H groups in total. The average molecular weight is 334 g/mol. The summed E-state index contributed by atoms with van der Waals surface area (Å²) in [5, 5.41) is 3.04. The minimum atomic E-state index is -0.378. The fourth-order valence-corrected chi connectivity index (χ4v) is 4.86. The molecule has 6 heteroatoms. The van der Waals surface area contributed by atoms with Crippen molar-refractivity contribution in [1.29, 1.82) is 0 Å². The Kier molecular flexibility index (Phi) is 4.27. The third kappa shape index (κ3) is 2.80. The molecule has 2 heterocycles. The Balaban J connectivity index is 1.73. The fourth-order valence-electron chi connectivity index (χ4n) is 3.43. The van der Waals surface area contributed by atoms with Crippen LogP contribution in [0, 0.1) is 0 Å². The number of carbonyl (C=O) groups excluding carboxylic acids is 2. The molecule has 5 nitrogen and oxygen atoms in total. The number of nitrogens with zero attached hydrogens (tertiary/aromatic N) is 1. The number of rotatable bonds is 4. The van der Waals surface area contributed by atoms with Crippen molar-refractivity contribution in [2.24, 2.45) is 0 Å². The first-order chi connectivity index (χ1) is 11.0. The summed E-state index contributed by atoms with van der Waals surface area (Å²) in [6.07, 6.45) is 1.36. The van der Waals surface area contributed by atoms with Gasteiger partial charge in [-0.15, -0.1) is 11.8 Å². The van der Waals surface area contributed by atoms with Crippen molar-refractivity contribution in [2.75, 3.05) is 12.9 Å². The first-order valence-electron chi connectivity index (χ1n) is 7.85. The van der Waals surface area contributed by atoms with Crippen molar-refractivity contribution in [3.63, 3.8) is 0 Å². The zero-order valence-corrected chi connectivity index (χ0v) is 14.5. The van der Waals surface area contributed by atoms with Gasteiger partial charge in [0, 0.05) is 17.7 Å². The Bertz CT molecular complexity index is 636. The molecule has 0 bridgehead atoms. The summed E-state index contributed by atoms with van der Waals surface area (Å²) >= 11 is 1.71. The lowest BCUT2D eigenvalue weighted by Gasteiger charge is -2.30. The number of benzene rings is 1. The highest BCUT2D eigenvalue weighted by Crippen LogP contribution is 2.47. The SMILES string of the molecule is COc1ccccc1C(C)NC(=O)C1CSC2(C)CCC(=O)N12. The summed E-state index contributed by atoms with van der Waals surface area (Å²) in [4.78, 5) is 26.4. The molecule has 2 fully saturated rings. The van der Waals surface area contributed by atoms with Gasteiger partial charge in [0.2, 0.25) is 11.8 Å². The minimum absolute atomic E-state index is 0.0857. The van der Waals surface area contributed by atoms with E-state index in [4.69, 9.17) is 4.74 Å². The van der Waals surface area contributed by atoms with Gasteiger partial charge in [-0.2, -0.15) is 0 Å². The van der Waals surface area contributed by atoms with Gasteiger partial charge in [-0.05, 0) is 26.3 Å². The summed E-state index contributed by atoms with van der Waals surface area (Å²) in [7, 11) is 1.62. The molecule has 3 atom stereocenters. The lowest BCUT2D eigenvalue weighted by atomic mass is 10.1. The van der Waals surface area contributed by atoms with E-state index in [0.29, 0.717) is 12.2 Å². The molecule has 2 amide bonds. The standard InChI is InChI=1S/C17H22N2O3S/c1-11(12-6-4-5-7-14(12)22-3)18-16(21)13-10-23-17(2)9-8-15(20)19(13)17/h4-7,11,13H,8-10H2,1-3H3,(H,18,21). The Morgan fingerprint density at radius 3 is 2.96 bits per heavy atom. The fraction of sp³-hybridized carbons (Fsp3) is 0.529. The summed E-state index contributed by atoms with van der Waals surface area (Å²) < 4.78 is 5.36. The van der Waals surface area contributed by atoms with E-state index in [0.717, 1.165) is 17.7 Å². The highest BCUT2D eigenvalue weighted by atomic mass is 32.2. The van der Waals surface area contributed by atoms with Gasteiger partial charge in [0.15, 0.2) is 0 Å². The Hall–Kier alpha value is -1.69. The molecule has 23 heavy (non-hydrogen) atoms. The lowest BCUT2D eigenvalue weighted by molar-refractivity contribution is -0.138. The van der Waals surface area contributed by atoms with Crippen LogP contribution >= 0.6 is 11.8 Å². The molecule has 2 aliphatic rings. The Morgan fingerprint density at radius 1 is 1.48 bits per heavy atom. The van der Waals surface area contributed by atoms with Gasteiger partial charge >= 0.3 is 0 Å². The Morgan fingerprint density at radius 2 is 2.22 bits per heavy atom. The number of nitrogens with one attached hydrogen (secondary N) is 1. The molecular formula is C17H22N2O3S. The first-order valence-corrected chi connectivity index (χ1v) is 8.84. The topological polar surface area (TPSA) is 58.6 Å². The average Bonchev–Trinajstić information content (AvgIpc) is 3.04. The quantitative estimate of drug-likeness (QED) is 0.918. The van der Waals surface area contributed by atoms with Crippen LogP contribution in [0.3, 0.4) is 0 Å². The van der Waals surface area contributed by atoms with Crippen molar-refractivity contribution >= 4 is 23.6 Å². The van der Waals surface area contributed by atoms with Crippen molar-refractivity contribution in [2.45, 2.75) is 43.6 Å². The van der Waals surface area contributed by atoms with Gasteiger partial charge in [0.05, 0.1) is 18.0 Å². The number of ether oxygens (including phenoxy) is 1. The van der Waals surface area contributed by atoms with Crippen LogP contribution in [0.1, 0.15) is 38.3 Å². The molecule has 2 aliphatic heterocycles. The van der Waals surface area contributed by atoms with Crippen molar-refractivity contribution < 1.29 is 14.3 Å². The zero-order valence-electron chi connectivity index (χ0n) is 13.7. The van der Waals surface area contributed by atoms with Crippen molar-refractivity contribution in [3.8, 4) is 5.75 Å². The molecule has 0 aliphatic carbocycles. The highest BCUT2D eigenvalue weighted by molar-refractivity contribution is 8.01. The van der Waals surface area contributed by atoms with Crippen LogP contribution in [0.2, 0.25) is 0 Å². The van der Waals surface area contributed by atoms with Crippen LogP contribution in [0.4, 0.5) is 0 Å². The second-order valence-electron chi connectivity index (χ2n) is 6.24. The zero-order chi connectivity index (χ0) is 16.6. The number of amides is 2. The van der Waals surface area contributed by atoms with E-state index in [9.17, 15) is 9.59 Å². The molecule has 0 radical (unpaired) electrons. The van der Waals surface area contributed by atoms with E-state index in [1.807, 2.05) is 31.2 Å². The monoisotopic (exact) mass is 334 g/mol. The number of para-hydroxylation sites is 1. The second-order valence-corrected chi connectivity index (χ2v) is 7.74. The molecule has 124 valence electrons. The van der Waals surface area contributed by atoms with Gasteiger partial charge in [-0.25, -0.2) is 0 Å². The van der Waals surface area contributed by atoms with Crippen molar-refractivity contribution in [1.82, 2.24) is 10.2 Å². The molecule has 3 rings (SSSR count). The highest BCUT2D eigenvalue weighted by Gasteiger charge is 2.52. The summed E-state index contributed by atoms with van der Waals surface area (Å²) in [5.41, 5.74) is 0.935. The van der Waals surface area contributed by atoms with Crippen LogP contribution in [0.5, 0.6) is 5.75 Å². The molecule has 0 spiro atoms. The molecule has 3 unspecified atom stereocenters. The molecule has 1 aromatic rings. The predicted molar refractivity (Wildman–Crippen MR) is 90.3 cm³/mol. The molecule has 2 saturated heterocycles. The van der Waals surface area contributed by atoms with Gasteiger partial charge in [-0.1, -0.05) is 18.2 Å². The molecular weight excluding hydrogens is 312 g/mol. The number of fused-ring (bicyclic) bond motifs is 1. The van der Waals surface area contributed by atoms with E-state index < -0.39 is 0 Å². The van der Waals surface area contributed by atoms with Gasteiger partial charge < -0.3 is 15.0 Å². The third-order valence-corrected chi connectivity index (χ3v) is 6.22. The predicted octanol–water partition coefficient (Wildman–Crippen LogP) is 2.33. The normalized spacial score (nSPS) is 27.7. The van der Waals surface area contributed by atoms with E-state index >= 15 is 0 Å². The third-order valence-electron chi connectivity index (χ3n) is 4.71. The van der Waals surface area contributed by atoms with Crippen LogP contribution in [0.25, 0.3) is 0 Å². The van der Waals surface area contributed by atoms with Gasteiger partial charge in [-0.3, -0.25) is 9.59 Å². The smallest absolute Gasteiger partial charge is 0.244 e. The number of carbonyl (C=O) groups is 2. The number of hydrogen-bond donors (Lipinski definition) is 1. The number of hydrogen-bond acceptors (Lipinski definition) is 4. The van der Waals surface area contributed by atoms with Crippen LogP contribution in [-0.4, -0.2) is 40.5 Å². The van der Waals surface area contributed by atoms with E-state index in [1.165, 1.54) is 0 Å².